The van der Waals surface area contributed by atoms with Crippen LogP contribution in [0.1, 0.15) is 19.3 Å². The molecule has 2 nitrogen and oxygen atoms in total. The van der Waals surface area contributed by atoms with Gasteiger partial charge in [-0.2, -0.15) is 0 Å². The molecule has 0 aromatic rings. The summed E-state index contributed by atoms with van der Waals surface area (Å²) in [4.78, 5) is 0. The van der Waals surface area contributed by atoms with Crippen molar-refractivity contribution < 1.29 is 10.2 Å². The van der Waals surface area contributed by atoms with E-state index in [-0.39, 0.29) is 6.61 Å². The second-order valence-electron chi connectivity index (χ2n) is 2.68. The molecule has 64 valence electrons. The molecule has 0 saturated carbocycles. The highest BCUT2D eigenvalue weighted by Gasteiger charge is 2.22. The predicted octanol–water partition coefficient (Wildman–Crippen LogP) is 1.25. The molecule has 0 spiro atoms. The highest BCUT2D eigenvalue weighted by molar-refractivity contribution is 4.91. The molecule has 0 aliphatic rings. The number of rotatable bonds is 6. The van der Waals surface area contributed by atoms with E-state index in [4.69, 9.17) is 5.11 Å². The largest absolute Gasteiger partial charge is 0.396 e. The number of aliphatic hydroxyl groups excluding tert-OH is 1. The van der Waals surface area contributed by atoms with Gasteiger partial charge in [-0.3, -0.25) is 0 Å². The SMILES string of the molecule is C=CCC(O)(CC=C)CCO. The van der Waals surface area contributed by atoms with Crippen molar-refractivity contribution in [1.29, 1.82) is 0 Å². The molecule has 0 rings (SSSR count). The lowest BCUT2D eigenvalue weighted by atomic mass is 9.92. The minimum Gasteiger partial charge on any atom is -0.396 e. The molecule has 0 fully saturated rings. The zero-order valence-corrected chi connectivity index (χ0v) is 6.79. The van der Waals surface area contributed by atoms with Gasteiger partial charge in [0.25, 0.3) is 0 Å². The lowest BCUT2D eigenvalue weighted by Gasteiger charge is -2.24. The lowest BCUT2D eigenvalue weighted by Crippen LogP contribution is -2.28. The van der Waals surface area contributed by atoms with Gasteiger partial charge < -0.3 is 10.2 Å². The van der Waals surface area contributed by atoms with Gasteiger partial charge in [0, 0.05) is 6.61 Å². The van der Waals surface area contributed by atoms with Gasteiger partial charge in [-0.25, -0.2) is 0 Å². The first-order valence-electron chi connectivity index (χ1n) is 3.73. The average Bonchev–Trinajstić information content (AvgIpc) is 1.88. The van der Waals surface area contributed by atoms with E-state index in [0.717, 1.165) is 0 Å². The Bertz CT molecular complexity index is 120. The van der Waals surface area contributed by atoms with Crippen molar-refractivity contribution in [3.63, 3.8) is 0 Å². The van der Waals surface area contributed by atoms with Crippen molar-refractivity contribution in [3.8, 4) is 0 Å². The van der Waals surface area contributed by atoms with Crippen LogP contribution in [-0.4, -0.2) is 22.4 Å². The molecule has 0 aliphatic heterocycles. The molecular formula is C9H16O2. The van der Waals surface area contributed by atoms with Crippen LogP contribution in [0.5, 0.6) is 0 Å². The summed E-state index contributed by atoms with van der Waals surface area (Å²) in [5, 5.41) is 18.3. The molecule has 0 unspecified atom stereocenters. The quantitative estimate of drug-likeness (QED) is 0.568. The van der Waals surface area contributed by atoms with Gasteiger partial charge in [0.1, 0.15) is 0 Å². The Morgan fingerprint density at radius 2 is 1.64 bits per heavy atom. The third kappa shape index (κ3) is 3.96. The van der Waals surface area contributed by atoms with E-state index in [1.165, 1.54) is 0 Å². The minimum absolute atomic E-state index is 0.00181. The summed E-state index contributed by atoms with van der Waals surface area (Å²) in [7, 11) is 0. The Labute approximate surface area is 67.9 Å². The van der Waals surface area contributed by atoms with E-state index in [0.29, 0.717) is 19.3 Å². The minimum atomic E-state index is -0.835. The molecule has 0 atom stereocenters. The van der Waals surface area contributed by atoms with Crippen molar-refractivity contribution in [3.05, 3.63) is 25.3 Å². The Morgan fingerprint density at radius 1 is 1.18 bits per heavy atom. The summed E-state index contributed by atoms with van der Waals surface area (Å²) in [5.41, 5.74) is -0.835. The van der Waals surface area contributed by atoms with Crippen LogP contribution in [0.25, 0.3) is 0 Å². The first kappa shape index (κ1) is 10.4. The topological polar surface area (TPSA) is 40.5 Å². The van der Waals surface area contributed by atoms with Gasteiger partial charge in [-0.15, -0.1) is 13.2 Å². The third-order valence-electron chi connectivity index (χ3n) is 1.63. The molecule has 0 aliphatic carbocycles. The maximum absolute atomic E-state index is 9.71. The Balaban J connectivity index is 3.98. The number of hydrogen-bond donors (Lipinski definition) is 2. The summed E-state index contributed by atoms with van der Waals surface area (Å²) >= 11 is 0. The zero-order valence-electron chi connectivity index (χ0n) is 6.79. The van der Waals surface area contributed by atoms with Gasteiger partial charge >= 0.3 is 0 Å². The van der Waals surface area contributed by atoms with Crippen molar-refractivity contribution in [2.45, 2.75) is 24.9 Å². The average molecular weight is 156 g/mol. The van der Waals surface area contributed by atoms with Crippen LogP contribution in [0.4, 0.5) is 0 Å². The summed E-state index contributed by atoms with van der Waals surface area (Å²) < 4.78 is 0. The number of aliphatic hydroxyl groups is 2. The van der Waals surface area contributed by atoms with E-state index in [1.807, 2.05) is 0 Å². The first-order chi connectivity index (χ1) is 5.18. The second kappa shape index (κ2) is 5.10. The molecule has 11 heavy (non-hydrogen) atoms. The predicted molar refractivity (Wildman–Crippen MR) is 46.3 cm³/mol. The van der Waals surface area contributed by atoms with Gasteiger partial charge in [-0.05, 0) is 19.3 Å². The van der Waals surface area contributed by atoms with E-state index in [2.05, 4.69) is 13.2 Å². The smallest absolute Gasteiger partial charge is 0.0737 e. The fraction of sp³-hybridized carbons (Fsp3) is 0.556. The molecule has 0 radical (unpaired) electrons. The van der Waals surface area contributed by atoms with Crippen LogP contribution >= 0.6 is 0 Å². The van der Waals surface area contributed by atoms with Crippen LogP contribution < -0.4 is 0 Å². The van der Waals surface area contributed by atoms with Crippen molar-refractivity contribution in [1.82, 2.24) is 0 Å². The van der Waals surface area contributed by atoms with E-state index < -0.39 is 5.60 Å². The summed E-state index contributed by atoms with van der Waals surface area (Å²) in [6.45, 7) is 7.07. The van der Waals surface area contributed by atoms with Gasteiger partial charge in [0.2, 0.25) is 0 Å². The van der Waals surface area contributed by atoms with Gasteiger partial charge in [0.15, 0.2) is 0 Å². The van der Waals surface area contributed by atoms with Crippen LogP contribution in [-0.2, 0) is 0 Å². The third-order valence-corrected chi connectivity index (χ3v) is 1.63. The highest BCUT2D eigenvalue weighted by atomic mass is 16.3. The Hall–Kier alpha value is -0.600. The van der Waals surface area contributed by atoms with Crippen molar-refractivity contribution in [2.75, 3.05) is 6.61 Å². The second-order valence-corrected chi connectivity index (χ2v) is 2.68. The fourth-order valence-corrected chi connectivity index (χ4v) is 1.03. The van der Waals surface area contributed by atoms with Gasteiger partial charge in [0.05, 0.1) is 5.60 Å². The van der Waals surface area contributed by atoms with Crippen molar-refractivity contribution >= 4 is 0 Å². The normalized spacial score (nSPS) is 11.1. The molecule has 0 heterocycles. The number of hydrogen-bond acceptors (Lipinski definition) is 2. The summed E-state index contributed by atoms with van der Waals surface area (Å²) in [6.07, 6.45) is 4.68. The highest BCUT2D eigenvalue weighted by Crippen LogP contribution is 2.20. The molecule has 0 saturated heterocycles. The van der Waals surface area contributed by atoms with Gasteiger partial charge in [-0.1, -0.05) is 12.2 Å². The zero-order chi connectivity index (χ0) is 8.74. The maximum Gasteiger partial charge on any atom is 0.0737 e. The van der Waals surface area contributed by atoms with E-state index in [1.54, 1.807) is 12.2 Å². The maximum atomic E-state index is 9.71. The molecule has 0 aromatic carbocycles. The van der Waals surface area contributed by atoms with E-state index >= 15 is 0 Å². The first-order valence-corrected chi connectivity index (χ1v) is 3.73. The summed E-state index contributed by atoms with van der Waals surface area (Å²) in [6, 6.07) is 0. The Kier molecular flexibility index (Phi) is 4.83. The summed E-state index contributed by atoms with van der Waals surface area (Å²) in [5.74, 6) is 0. The van der Waals surface area contributed by atoms with Crippen LogP contribution in [0.3, 0.4) is 0 Å². The van der Waals surface area contributed by atoms with Crippen molar-refractivity contribution in [2.24, 2.45) is 0 Å². The van der Waals surface area contributed by atoms with Crippen LogP contribution in [0.2, 0.25) is 0 Å². The molecule has 0 amide bonds. The van der Waals surface area contributed by atoms with E-state index in [9.17, 15) is 5.11 Å². The van der Waals surface area contributed by atoms with Crippen LogP contribution in [0, 0.1) is 0 Å². The Morgan fingerprint density at radius 3 is 1.91 bits per heavy atom. The molecule has 0 aromatic heterocycles. The monoisotopic (exact) mass is 156 g/mol. The fourth-order valence-electron chi connectivity index (χ4n) is 1.03. The van der Waals surface area contributed by atoms with Crippen LogP contribution in [0.15, 0.2) is 25.3 Å². The lowest BCUT2D eigenvalue weighted by molar-refractivity contribution is 0.0212. The molecule has 2 N–H and O–H groups in total. The molecule has 0 bridgehead atoms. The molecule has 2 heteroatoms. The standard InChI is InChI=1S/C9H16O2/c1-3-5-9(11,6-4-2)7-8-10/h3-4,10-11H,1-2,5-8H2. The molecular weight excluding hydrogens is 140 g/mol.